The van der Waals surface area contributed by atoms with Crippen molar-refractivity contribution < 1.29 is 5.11 Å². The molecule has 2 aliphatic rings. The fraction of sp³-hybridized carbons (Fsp3) is 1.00. The molecule has 1 heterocycles. The molecule has 3 heteroatoms. The zero-order chi connectivity index (χ0) is 10.7. The van der Waals surface area contributed by atoms with E-state index >= 15 is 0 Å². The van der Waals surface area contributed by atoms with E-state index in [1.54, 1.807) is 0 Å². The molecule has 1 saturated heterocycles. The Balaban J connectivity index is 1.84. The molecular weight excluding hydrogens is 188 g/mol. The van der Waals surface area contributed by atoms with Crippen molar-refractivity contribution in [2.24, 2.45) is 11.7 Å². The minimum atomic E-state index is -0.589. The minimum absolute atomic E-state index is 0.0114. The number of hydrogen-bond acceptors (Lipinski definition) is 3. The van der Waals surface area contributed by atoms with Gasteiger partial charge in [0.1, 0.15) is 0 Å². The van der Waals surface area contributed by atoms with Gasteiger partial charge >= 0.3 is 0 Å². The third-order valence-electron chi connectivity index (χ3n) is 4.22. The third-order valence-corrected chi connectivity index (χ3v) is 4.22. The summed E-state index contributed by atoms with van der Waals surface area (Å²) in [6, 6.07) is -0.0114. The van der Waals surface area contributed by atoms with Crippen molar-refractivity contribution in [2.75, 3.05) is 13.1 Å². The third kappa shape index (κ3) is 2.71. The van der Waals surface area contributed by atoms with E-state index < -0.39 is 5.60 Å². The molecule has 0 spiro atoms. The Morgan fingerprint density at radius 3 is 2.47 bits per heavy atom. The Morgan fingerprint density at radius 1 is 1.27 bits per heavy atom. The minimum Gasteiger partial charge on any atom is -0.388 e. The summed E-state index contributed by atoms with van der Waals surface area (Å²) >= 11 is 0. The van der Waals surface area contributed by atoms with Crippen LogP contribution in [0.25, 0.3) is 0 Å². The lowest BCUT2D eigenvalue weighted by Crippen LogP contribution is -2.54. The molecule has 0 aromatic rings. The first-order chi connectivity index (χ1) is 7.21. The highest BCUT2D eigenvalue weighted by molar-refractivity contribution is 4.94. The molecule has 0 radical (unpaired) electrons. The zero-order valence-corrected chi connectivity index (χ0v) is 9.54. The Hall–Kier alpha value is -0.120. The first kappa shape index (κ1) is 11.4. The van der Waals surface area contributed by atoms with Crippen molar-refractivity contribution in [3.05, 3.63) is 0 Å². The van der Waals surface area contributed by atoms with Gasteiger partial charge in [0.05, 0.1) is 5.60 Å². The summed E-state index contributed by atoms with van der Waals surface area (Å²) in [5.74, 6) is 0.777. The van der Waals surface area contributed by atoms with Gasteiger partial charge in [-0.15, -0.1) is 0 Å². The molecule has 4 N–H and O–H groups in total. The standard InChI is InChI=1S/C12H24N2O/c13-11(9-10-3-1-2-4-10)12(15)5-7-14-8-6-12/h10-11,14-15H,1-9,13H2. The van der Waals surface area contributed by atoms with Crippen LogP contribution in [0.1, 0.15) is 44.9 Å². The molecule has 2 fully saturated rings. The van der Waals surface area contributed by atoms with Crippen LogP contribution < -0.4 is 11.1 Å². The molecule has 1 unspecified atom stereocenters. The SMILES string of the molecule is NC(CC1CCCC1)C1(O)CCNCC1. The number of nitrogens with two attached hydrogens (primary N) is 1. The van der Waals surface area contributed by atoms with E-state index in [1.165, 1.54) is 25.7 Å². The number of rotatable bonds is 3. The number of aliphatic hydroxyl groups is 1. The van der Waals surface area contributed by atoms with E-state index in [0.29, 0.717) is 0 Å². The van der Waals surface area contributed by atoms with Crippen LogP contribution >= 0.6 is 0 Å². The van der Waals surface area contributed by atoms with E-state index in [9.17, 15) is 5.11 Å². The van der Waals surface area contributed by atoms with E-state index in [4.69, 9.17) is 5.73 Å². The van der Waals surface area contributed by atoms with Crippen molar-refractivity contribution in [3.8, 4) is 0 Å². The molecule has 1 atom stereocenters. The smallest absolute Gasteiger partial charge is 0.0822 e. The monoisotopic (exact) mass is 212 g/mol. The predicted octanol–water partition coefficient (Wildman–Crippen LogP) is 1.01. The van der Waals surface area contributed by atoms with Crippen molar-refractivity contribution in [1.29, 1.82) is 0 Å². The van der Waals surface area contributed by atoms with Crippen LogP contribution in [0.5, 0.6) is 0 Å². The zero-order valence-electron chi connectivity index (χ0n) is 9.54. The highest BCUT2D eigenvalue weighted by Gasteiger charge is 2.36. The molecule has 2 rings (SSSR count). The summed E-state index contributed by atoms with van der Waals surface area (Å²) < 4.78 is 0. The largest absolute Gasteiger partial charge is 0.388 e. The summed E-state index contributed by atoms with van der Waals surface area (Å²) in [6.45, 7) is 1.82. The summed E-state index contributed by atoms with van der Waals surface area (Å²) in [7, 11) is 0. The molecule has 88 valence electrons. The van der Waals surface area contributed by atoms with E-state index in [2.05, 4.69) is 5.32 Å². The first-order valence-corrected chi connectivity index (χ1v) is 6.39. The Bertz CT molecular complexity index is 196. The lowest BCUT2D eigenvalue weighted by molar-refractivity contribution is -0.0195. The quantitative estimate of drug-likeness (QED) is 0.654. The van der Waals surface area contributed by atoms with Gasteiger partial charge in [0.25, 0.3) is 0 Å². The van der Waals surface area contributed by atoms with Crippen LogP contribution in [0.2, 0.25) is 0 Å². The van der Waals surface area contributed by atoms with Gasteiger partial charge in [-0.25, -0.2) is 0 Å². The molecule has 15 heavy (non-hydrogen) atoms. The average Bonchev–Trinajstić information content (AvgIpc) is 2.71. The molecule has 1 aliphatic carbocycles. The number of nitrogens with one attached hydrogen (secondary N) is 1. The predicted molar refractivity (Wildman–Crippen MR) is 61.6 cm³/mol. The van der Waals surface area contributed by atoms with Gasteiger partial charge < -0.3 is 16.2 Å². The lowest BCUT2D eigenvalue weighted by atomic mass is 9.81. The maximum atomic E-state index is 10.4. The van der Waals surface area contributed by atoms with E-state index in [1.807, 2.05) is 0 Å². The summed E-state index contributed by atoms with van der Waals surface area (Å²) in [5, 5.41) is 13.7. The van der Waals surface area contributed by atoms with E-state index in [0.717, 1.165) is 38.3 Å². The highest BCUT2D eigenvalue weighted by Crippen LogP contribution is 2.32. The van der Waals surface area contributed by atoms with Gasteiger partial charge in [-0.3, -0.25) is 0 Å². The normalized spacial score (nSPS) is 29.2. The molecule has 0 amide bonds. The van der Waals surface area contributed by atoms with Crippen molar-refractivity contribution in [3.63, 3.8) is 0 Å². The van der Waals surface area contributed by atoms with E-state index in [-0.39, 0.29) is 6.04 Å². The second-order valence-electron chi connectivity index (χ2n) is 5.35. The molecule has 1 saturated carbocycles. The fourth-order valence-corrected chi connectivity index (χ4v) is 3.06. The summed E-state index contributed by atoms with van der Waals surface area (Å²) in [5.41, 5.74) is 5.60. The summed E-state index contributed by atoms with van der Waals surface area (Å²) in [4.78, 5) is 0. The van der Waals surface area contributed by atoms with Crippen molar-refractivity contribution in [1.82, 2.24) is 5.32 Å². The molecular formula is C12H24N2O. The second-order valence-corrected chi connectivity index (χ2v) is 5.35. The van der Waals surface area contributed by atoms with Crippen LogP contribution in [0.3, 0.4) is 0 Å². The molecule has 0 bridgehead atoms. The Labute approximate surface area is 92.4 Å². The average molecular weight is 212 g/mol. The van der Waals surface area contributed by atoms with Crippen molar-refractivity contribution >= 4 is 0 Å². The van der Waals surface area contributed by atoms with Crippen LogP contribution in [-0.4, -0.2) is 29.8 Å². The molecule has 1 aliphatic heterocycles. The van der Waals surface area contributed by atoms with Crippen LogP contribution in [0.15, 0.2) is 0 Å². The lowest BCUT2D eigenvalue weighted by Gasteiger charge is -2.38. The number of piperidine rings is 1. The van der Waals surface area contributed by atoms with Crippen LogP contribution in [0, 0.1) is 5.92 Å². The fourth-order valence-electron chi connectivity index (χ4n) is 3.06. The topological polar surface area (TPSA) is 58.3 Å². The highest BCUT2D eigenvalue weighted by atomic mass is 16.3. The molecule has 0 aromatic heterocycles. The maximum absolute atomic E-state index is 10.4. The second kappa shape index (κ2) is 4.81. The Kier molecular flexibility index (Phi) is 3.65. The van der Waals surface area contributed by atoms with Gasteiger partial charge in [0.2, 0.25) is 0 Å². The van der Waals surface area contributed by atoms with Gasteiger partial charge in [0, 0.05) is 6.04 Å². The maximum Gasteiger partial charge on any atom is 0.0822 e. The molecule has 0 aromatic carbocycles. The van der Waals surface area contributed by atoms with Gasteiger partial charge in [0.15, 0.2) is 0 Å². The van der Waals surface area contributed by atoms with Gasteiger partial charge in [-0.1, -0.05) is 25.7 Å². The van der Waals surface area contributed by atoms with Crippen LogP contribution in [0.4, 0.5) is 0 Å². The summed E-state index contributed by atoms with van der Waals surface area (Å²) in [6.07, 6.45) is 8.02. The Morgan fingerprint density at radius 2 is 1.87 bits per heavy atom. The van der Waals surface area contributed by atoms with Crippen molar-refractivity contribution in [2.45, 2.75) is 56.6 Å². The molecule has 3 nitrogen and oxygen atoms in total. The first-order valence-electron chi connectivity index (χ1n) is 6.39. The van der Waals surface area contributed by atoms with Crippen LogP contribution in [-0.2, 0) is 0 Å². The number of hydrogen-bond donors (Lipinski definition) is 3. The van der Waals surface area contributed by atoms with Gasteiger partial charge in [-0.05, 0) is 38.3 Å². The van der Waals surface area contributed by atoms with Gasteiger partial charge in [-0.2, -0.15) is 0 Å².